The van der Waals surface area contributed by atoms with Gasteiger partial charge < -0.3 is 36.2 Å². The number of amides is 2. The molecule has 2 aromatic rings. The largest absolute Gasteiger partial charge is 0.457 e. The Hall–Kier alpha value is -5.47. The van der Waals surface area contributed by atoms with Crippen LogP contribution in [-0.4, -0.2) is 85.1 Å². The number of carbonyl (C=O) groups excluding carboxylic acids is 3. The number of benzene rings is 2. The molecule has 0 unspecified atom stereocenters. The molecule has 2 fully saturated rings. The van der Waals surface area contributed by atoms with Crippen molar-refractivity contribution in [2.75, 3.05) is 44.2 Å². The number of nitrogens with one attached hydrogen (secondary N) is 1. The average molecular weight is 721 g/mol. The van der Waals surface area contributed by atoms with Crippen LogP contribution in [0.1, 0.15) is 57.1 Å². The molecule has 2 amide bonds. The lowest BCUT2D eigenvalue weighted by molar-refractivity contribution is -0.196. The quantitative estimate of drug-likeness (QED) is 0.202. The van der Waals surface area contributed by atoms with Gasteiger partial charge >= 0.3 is 5.97 Å². The van der Waals surface area contributed by atoms with Gasteiger partial charge in [-0.25, -0.2) is 4.79 Å². The number of para-hydroxylation sites is 1. The first-order chi connectivity index (χ1) is 25.6. The van der Waals surface area contributed by atoms with Gasteiger partial charge in [0.25, 0.3) is 0 Å². The smallest absolute Gasteiger partial charge is 0.347 e. The molecule has 2 saturated heterocycles. The zero-order valence-electron chi connectivity index (χ0n) is 30.4. The molecule has 0 aromatic heterocycles. The van der Waals surface area contributed by atoms with E-state index in [1.165, 1.54) is 0 Å². The van der Waals surface area contributed by atoms with Crippen LogP contribution in [0, 0.1) is 28.6 Å². The van der Waals surface area contributed by atoms with Crippen LogP contribution in [0.3, 0.4) is 0 Å². The highest BCUT2D eigenvalue weighted by molar-refractivity contribution is 5.92. The topological polar surface area (TPSA) is 191 Å². The number of hydrogen-bond donors (Lipinski definition) is 3. The summed E-state index contributed by atoms with van der Waals surface area (Å²) in [5.74, 6) is -0.284. The maximum absolute atomic E-state index is 13.4. The van der Waals surface area contributed by atoms with E-state index in [1.54, 1.807) is 22.1 Å². The second kappa shape index (κ2) is 18.3. The van der Waals surface area contributed by atoms with Gasteiger partial charge in [-0.2, -0.15) is 10.5 Å². The standard InChI is InChI=1S/C40H48N8O5/c1-27(2)37(45-38(49)35-10-7-19-48(35)39(50)34(44)9-5-6-18-41)40(51)53-47-22-20-46(21-23-47)30-15-12-28(13-16-30)14-17-31-24-33(29(25-42)26-43)32-8-3-4-11-36(32)52-31/h3-4,8,11-17,24,27,34-35,37H,5-7,9-10,18-23,41,44H2,1-2H3,(H,45,49)/b17-14+/t34-,35-,37-/m0/s1. The van der Waals surface area contributed by atoms with Crippen molar-refractivity contribution in [1.29, 1.82) is 10.5 Å². The molecule has 0 bridgehead atoms. The molecule has 13 nitrogen and oxygen atoms in total. The lowest BCUT2D eigenvalue weighted by atomic mass is 9.97. The minimum absolute atomic E-state index is 0.0220. The van der Waals surface area contributed by atoms with E-state index in [0.29, 0.717) is 81.2 Å². The van der Waals surface area contributed by atoms with Crippen molar-refractivity contribution in [3.8, 4) is 17.9 Å². The van der Waals surface area contributed by atoms with E-state index in [2.05, 4.69) is 10.2 Å². The Kier molecular flexibility index (Phi) is 13.4. The highest BCUT2D eigenvalue weighted by Crippen LogP contribution is 2.35. The van der Waals surface area contributed by atoms with Crippen molar-refractivity contribution >= 4 is 35.1 Å². The lowest BCUT2D eigenvalue weighted by Crippen LogP contribution is -2.56. The average Bonchev–Trinajstić information content (AvgIpc) is 3.67. The predicted molar refractivity (Wildman–Crippen MR) is 201 cm³/mol. The second-order valence-electron chi connectivity index (χ2n) is 13.7. The monoisotopic (exact) mass is 720 g/mol. The maximum Gasteiger partial charge on any atom is 0.347 e. The van der Waals surface area contributed by atoms with Crippen molar-refractivity contribution in [1.82, 2.24) is 15.3 Å². The fraction of sp³-hybridized carbons (Fsp3) is 0.425. The molecule has 5 N–H and O–H groups in total. The molecule has 0 spiro atoms. The zero-order valence-corrected chi connectivity index (χ0v) is 30.4. The molecule has 0 saturated carbocycles. The summed E-state index contributed by atoms with van der Waals surface area (Å²) < 4.78 is 6.01. The van der Waals surface area contributed by atoms with E-state index in [9.17, 15) is 24.9 Å². The number of piperazine rings is 1. The maximum atomic E-state index is 13.4. The summed E-state index contributed by atoms with van der Waals surface area (Å²) >= 11 is 0. The van der Waals surface area contributed by atoms with Crippen LogP contribution >= 0.6 is 0 Å². The van der Waals surface area contributed by atoms with Crippen LogP contribution in [0.5, 0.6) is 5.75 Å². The number of anilines is 1. The summed E-state index contributed by atoms with van der Waals surface area (Å²) in [5.41, 5.74) is 14.9. The third-order valence-electron chi connectivity index (χ3n) is 9.68. The van der Waals surface area contributed by atoms with Crippen molar-refractivity contribution in [2.45, 2.75) is 64.1 Å². The Balaban J connectivity index is 1.12. The summed E-state index contributed by atoms with van der Waals surface area (Å²) in [6.07, 6.45) is 8.67. The van der Waals surface area contributed by atoms with Gasteiger partial charge in [0.05, 0.1) is 19.1 Å². The molecule has 0 radical (unpaired) electrons. The number of nitrogens with two attached hydrogens (primary N) is 2. The number of hydrogen-bond acceptors (Lipinski definition) is 11. The first-order valence-corrected chi connectivity index (χ1v) is 18.2. The molecule has 278 valence electrons. The Morgan fingerprint density at radius 1 is 1.00 bits per heavy atom. The van der Waals surface area contributed by atoms with E-state index >= 15 is 0 Å². The van der Waals surface area contributed by atoms with E-state index < -0.39 is 24.1 Å². The third kappa shape index (κ3) is 9.70. The molecule has 3 heterocycles. The fourth-order valence-electron chi connectivity index (χ4n) is 6.68. The lowest BCUT2D eigenvalue weighted by Gasteiger charge is -2.36. The molecule has 0 aliphatic carbocycles. The van der Waals surface area contributed by atoms with Gasteiger partial charge in [0.15, 0.2) is 0 Å². The van der Waals surface area contributed by atoms with E-state index in [4.69, 9.17) is 21.0 Å². The van der Waals surface area contributed by atoms with Crippen LogP contribution in [0.4, 0.5) is 5.69 Å². The molecule has 3 atom stereocenters. The summed E-state index contributed by atoms with van der Waals surface area (Å²) in [4.78, 5) is 49.3. The van der Waals surface area contributed by atoms with Crippen LogP contribution in [0.25, 0.3) is 11.6 Å². The second-order valence-corrected chi connectivity index (χ2v) is 13.7. The summed E-state index contributed by atoms with van der Waals surface area (Å²) in [5, 5.41) is 23.4. The molecule has 13 heteroatoms. The van der Waals surface area contributed by atoms with Gasteiger partial charge in [-0.3, -0.25) is 9.59 Å². The SMILES string of the molecule is CC(C)[C@H](NC(=O)[C@@H]1CCCN1C(=O)[C@@H](N)CCCCN)C(=O)ON1CCN(c2ccc(/C=C/C3=CC(=C(C#N)C#N)c4ccccc4O3)cc2)CC1. The van der Waals surface area contributed by atoms with Crippen molar-refractivity contribution in [2.24, 2.45) is 17.4 Å². The Bertz CT molecular complexity index is 1800. The number of carbonyl (C=O) groups is 3. The molecular formula is C40H48N8O5. The van der Waals surface area contributed by atoms with E-state index in [0.717, 1.165) is 24.1 Å². The molecular weight excluding hydrogens is 672 g/mol. The van der Waals surface area contributed by atoms with Crippen LogP contribution in [0.2, 0.25) is 0 Å². The van der Waals surface area contributed by atoms with Crippen LogP contribution in [0.15, 0.2) is 72.0 Å². The minimum Gasteiger partial charge on any atom is -0.457 e. The van der Waals surface area contributed by atoms with E-state index in [-0.39, 0.29) is 23.3 Å². The predicted octanol–water partition coefficient (Wildman–Crippen LogP) is 3.65. The van der Waals surface area contributed by atoms with Gasteiger partial charge in [0.1, 0.15) is 41.3 Å². The summed E-state index contributed by atoms with van der Waals surface area (Å²) in [6.45, 7) is 6.90. The molecule has 53 heavy (non-hydrogen) atoms. The van der Waals surface area contributed by atoms with Crippen LogP contribution in [-0.2, 0) is 19.2 Å². The molecule has 3 aliphatic rings. The third-order valence-corrected chi connectivity index (χ3v) is 9.68. The van der Waals surface area contributed by atoms with Crippen LogP contribution < -0.4 is 26.4 Å². The summed E-state index contributed by atoms with van der Waals surface area (Å²) in [7, 11) is 0. The van der Waals surface area contributed by atoms with Gasteiger partial charge in [0, 0.05) is 36.5 Å². The number of nitriles is 2. The number of likely N-dealkylation sites (tertiary alicyclic amines) is 1. The number of rotatable bonds is 13. The number of unbranched alkanes of at least 4 members (excludes halogenated alkanes) is 1. The van der Waals surface area contributed by atoms with Crippen molar-refractivity contribution < 1.29 is 24.0 Å². The van der Waals surface area contributed by atoms with Crippen molar-refractivity contribution in [3.63, 3.8) is 0 Å². The van der Waals surface area contributed by atoms with E-state index in [1.807, 2.05) is 80.6 Å². The van der Waals surface area contributed by atoms with Gasteiger partial charge in [-0.05, 0) is 74.1 Å². The number of fused-ring (bicyclic) bond motifs is 1. The normalized spacial score (nSPS) is 18.4. The van der Waals surface area contributed by atoms with Crippen molar-refractivity contribution in [3.05, 3.63) is 83.1 Å². The fourth-order valence-corrected chi connectivity index (χ4v) is 6.68. The highest BCUT2D eigenvalue weighted by atomic mass is 16.7. The van der Waals surface area contributed by atoms with Gasteiger partial charge in [0.2, 0.25) is 11.8 Å². The molecule has 2 aromatic carbocycles. The first kappa shape index (κ1) is 38.8. The Labute approximate surface area is 311 Å². The number of nitrogens with zero attached hydrogens (tertiary/aromatic N) is 5. The Morgan fingerprint density at radius 2 is 1.72 bits per heavy atom. The number of ether oxygens (including phenoxy) is 1. The highest BCUT2D eigenvalue weighted by Gasteiger charge is 2.38. The molecule has 5 rings (SSSR count). The first-order valence-electron chi connectivity index (χ1n) is 18.2. The Morgan fingerprint density at radius 3 is 2.40 bits per heavy atom. The summed E-state index contributed by atoms with van der Waals surface area (Å²) in [6, 6.07) is 17.1. The zero-order chi connectivity index (χ0) is 37.9. The number of allylic oxidation sites excluding steroid dienone is 4. The van der Waals surface area contributed by atoms with Gasteiger partial charge in [-0.15, -0.1) is 5.06 Å². The van der Waals surface area contributed by atoms with Gasteiger partial charge in [-0.1, -0.05) is 56.7 Å². The minimum atomic E-state index is -0.872. The number of hydroxylamine groups is 2. The molecule has 3 aliphatic heterocycles.